The number of nitrogens with one attached hydrogen (secondary N) is 1. The van der Waals surface area contributed by atoms with Gasteiger partial charge in [0.05, 0.1) is 5.70 Å². The van der Waals surface area contributed by atoms with Crippen LogP contribution >= 0.6 is 0 Å². The molecular weight excluding hydrogens is 440 g/mol. The summed E-state index contributed by atoms with van der Waals surface area (Å²) in [5.41, 5.74) is 6.16. The molecule has 0 aromatic heterocycles. The number of fused-ring (bicyclic) bond motifs is 1. The van der Waals surface area contributed by atoms with Crippen LogP contribution in [0.15, 0.2) is 23.7 Å². The minimum Gasteiger partial charge on any atom is -0.363 e. The summed E-state index contributed by atoms with van der Waals surface area (Å²) in [5, 5.41) is 2.57. The summed E-state index contributed by atoms with van der Waals surface area (Å²) >= 11 is 0. The SMILES string of the molecule is CN1CCN2C(=C(N(C)C)NC2C(F)(F)F)C1.NC(CC=O)Cc1cc(F)c(F)cc1F. The number of hydrogen-bond acceptors (Lipinski definition) is 6. The van der Waals surface area contributed by atoms with Gasteiger partial charge in [0.25, 0.3) is 0 Å². The van der Waals surface area contributed by atoms with E-state index in [9.17, 15) is 31.1 Å². The van der Waals surface area contributed by atoms with Gasteiger partial charge in [-0.3, -0.25) is 4.90 Å². The number of carbonyl (C=O) groups excluding carboxylic acids is 1. The highest BCUT2D eigenvalue weighted by Gasteiger charge is 2.50. The van der Waals surface area contributed by atoms with E-state index in [0.29, 0.717) is 37.8 Å². The van der Waals surface area contributed by atoms with Crippen molar-refractivity contribution in [1.82, 2.24) is 20.0 Å². The van der Waals surface area contributed by atoms with Gasteiger partial charge < -0.3 is 25.6 Å². The molecule has 2 aliphatic heterocycles. The van der Waals surface area contributed by atoms with E-state index in [-0.39, 0.29) is 18.4 Å². The van der Waals surface area contributed by atoms with Crippen LogP contribution < -0.4 is 11.1 Å². The number of carbonyl (C=O) groups is 1. The Kier molecular flexibility index (Phi) is 8.41. The second kappa shape index (κ2) is 10.4. The summed E-state index contributed by atoms with van der Waals surface area (Å²) < 4.78 is 77.1. The normalized spacial score (nSPS) is 19.7. The van der Waals surface area contributed by atoms with Gasteiger partial charge in [0, 0.05) is 52.3 Å². The van der Waals surface area contributed by atoms with Crippen molar-refractivity contribution in [3.63, 3.8) is 0 Å². The van der Waals surface area contributed by atoms with E-state index in [2.05, 4.69) is 5.32 Å². The molecule has 3 rings (SSSR count). The molecule has 0 bridgehead atoms. The molecule has 0 radical (unpaired) electrons. The second-order valence-electron chi connectivity index (χ2n) is 7.93. The number of nitrogens with zero attached hydrogens (tertiary/aromatic N) is 3. The van der Waals surface area contributed by atoms with Crippen molar-refractivity contribution >= 4 is 6.29 Å². The molecule has 2 heterocycles. The maximum atomic E-state index is 13.1. The van der Waals surface area contributed by atoms with Gasteiger partial charge in [0.1, 0.15) is 17.9 Å². The molecule has 180 valence electrons. The number of piperazine rings is 1. The molecule has 0 aliphatic carbocycles. The van der Waals surface area contributed by atoms with Gasteiger partial charge in [-0.15, -0.1) is 0 Å². The number of hydrogen-bond donors (Lipinski definition) is 2. The van der Waals surface area contributed by atoms with Crippen LogP contribution in [0.1, 0.15) is 12.0 Å². The molecule has 2 unspecified atom stereocenters. The molecule has 2 atom stereocenters. The molecule has 6 nitrogen and oxygen atoms in total. The standard InChI is InChI=1S/C10H17F3N4.C10H10F3NO/c1-15(2)8-7-6-16(3)4-5-17(7)9(14-8)10(11,12)13;11-8-5-10(13)9(12)4-6(8)3-7(14)1-2-15/h9,14H,4-6H2,1-3H3;2,4-5,7H,1,3,14H2. The summed E-state index contributed by atoms with van der Waals surface area (Å²) in [5.74, 6) is -2.64. The van der Waals surface area contributed by atoms with Gasteiger partial charge in [0.2, 0.25) is 0 Å². The summed E-state index contributed by atoms with van der Waals surface area (Å²) in [6, 6.07) is 0.648. The highest BCUT2D eigenvalue weighted by molar-refractivity contribution is 5.50. The second-order valence-corrected chi connectivity index (χ2v) is 7.93. The van der Waals surface area contributed by atoms with Crippen LogP contribution in [0, 0.1) is 17.5 Å². The highest BCUT2D eigenvalue weighted by atomic mass is 19.4. The minimum absolute atomic E-state index is 0.00176. The van der Waals surface area contributed by atoms with Crippen molar-refractivity contribution in [2.75, 3.05) is 40.8 Å². The number of likely N-dealkylation sites (N-methyl/N-ethyl adjacent to an activating group) is 1. The van der Waals surface area contributed by atoms with Crippen molar-refractivity contribution in [3.8, 4) is 0 Å². The molecule has 1 aromatic carbocycles. The Morgan fingerprint density at radius 3 is 2.38 bits per heavy atom. The molecular formula is C20H27F6N5O. The number of aldehydes is 1. The first-order valence-electron chi connectivity index (χ1n) is 9.86. The van der Waals surface area contributed by atoms with Crippen LogP contribution in [0.5, 0.6) is 0 Å². The predicted octanol–water partition coefficient (Wildman–Crippen LogP) is 2.02. The van der Waals surface area contributed by atoms with Crippen LogP contribution in [-0.4, -0.2) is 80.1 Å². The Morgan fingerprint density at radius 1 is 1.19 bits per heavy atom. The van der Waals surface area contributed by atoms with Gasteiger partial charge in [0.15, 0.2) is 17.8 Å². The van der Waals surface area contributed by atoms with Crippen LogP contribution in [0.2, 0.25) is 0 Å². The Bertz CT molecular complexity index is 845. The molecule has 0 spiro atoms. The Hall–Kier alpha value is -2.47. The van der Waals surface area contributed by atoms with Gasteiger partial charge in [-0.2, -0.15) is 13.2 Å². The van der Waals surface area contributed by atoms with Crippen LogP contribution in [0.3, 0.4) is 0 Å². The summed E-state index contributed by atoms with van der Waals surface area (Å²) in [6.07, 6.45) is -5.18. The maximum Gasteiger partial charge on any atom is 0.427 e. The lowest BCUT2D eigenvalue weighted by molar-refractivity contribution is -0.183. The first-order valence-corrected chi connectivity index (χ1v) is 9.86. The van der Waals surface area contributed by atoms with E-state index < -0.39 is 35.8 Å². The van der Waals surface area contributed by atoms with Crippen molar-refractivity contribution in [3.05, 3.63) is 46.7 Å². The zero-order chi connectivity index (χ0) is 24.2. The average Bonchev–Trinajstić information content (AvgIpc) is 3.06. The minimum atomic E-state index is -4.25. The molecule has 0 saturated carbocycles. The van der Waals surface area contributed by atoms with Crippen molar-refractivity contribution in [2.24, 2.45) is 5.73 Å². The Labute approximate surface area is 182 Å². The lowest BCUT2D eigenvalue weighted by Gasteiger charge is -2.36. The fourth-order valence-electron chi connectivity index (χ4n) is 3.48. The summed E-state index contributed by atoms with van der Waals surface area (Å²) in [7, 11) is 5.42. The summed E-state index contributed by atoms with van der Waals surface area (Å²) in [6.45, 7) is 1.60. The van der Waals surface area contributed by atoms with E-state index in [0.717, 1.165) is 11.8 Å². The van der Waals surface area contributed by atoms with Crippen LogP contribution in [0.4, 0.5) is 26.3 Å². The first kappa shape index (κ1) is 25.8. The zero-order valence-electron chi connectivity index (χ0n) is 18.0. The van der Waals surface area contributed by atoms with Gasteiger partial charge in [-0.1, -0.05) is 0 Å². The fourth-order valence-corrected chi connectivity index (χ4v) is 3.48. The molecule has 32 heavy (non-hydrogen) atoms. The van der Waals surface area contributed by atoms with Crippen LogP contribution in [0.25, 0.3) is 0 Å². The van der Waals surface area contributed by atoms with Gasteiger partial charge in [-0.05, 0) is 25.1 Å². The van der Waals surface area contributed by atoms with E-state index in [1.807, 2.05) is 11.9 Å². The molecule has 1 aromatic rings. The lowest BCUT2D eigenvalue weighted by Crippen LogP contribution is -2.53. The van der Waals surface area contributed by atoms with Crippen molar-refractivity contribution in [2.45, 2.75) is 31.2 Å². The number of alkyl halides is 3. The third kappa shape index (κ3) is 6.28. The fraction of sp³-hybridized carbons (Fsp3) is 0.550. The number of halogens is 6. The molecule has 12 heteroatoms. The summed E-state index contributed by atoms with van der Waals surface area (Å²) in [4.78, 5) is 15.3. The average molecular weight is 467 g/mol. The third-order valence-corrected chi connectivity index (χ3v) is 5.08. The van der Waals surface area contributed by atoms with E-state index in [1.54, 1.807) is 19.0 Å². The Morgan fingerprint density at radius 2 is 1.81 bits per heavy atom. The van der Waals surface area contributed by atoms with Gasteiger partial charge >= 0.3 is 6.18 Å². The third-order valence-electron chi connectivity index (χ3n) is 5.08. The molecule has 1 fully saturated rings. The van der Waals surface area contributed by atoms with E-state index in [4.69, 9.17) is 5.73 Å². The monoisotopic (exact) mass is 467 g/mol. The Balaban J connectivity index is 0.000000229. The molecule has 1 saturated heterocycles. The zero-order valence-corrected chi connectivity index (χ0v) is 18.0. The highest BCUT2D eigenvalue weighted by Crippen LogP contribution is 2.33. The van der Waals surface area contributed by atoms with Crippen molar-refractivity contribution < 1.29 is 31.1 Å². The molecule has 2 aliphatic rings. The smallest absolute Gasteiger partial charge is 0.363 e. The maximum absolute atomic E-state index is 13.1. The molecule has 3 N–H and O–H groups in total. The largest absolute Gasteiger partial charge is 0.427 e. The number of benzene rings is 1. The van der Waals surface area contributed by atoms with E-state index >= 15 is 0 Å². The number of nitrogens with two attached hydrogens (primary N) is 1. The quantitative estimate of drug-likeness (QED) is 0.393. The number of rotatable bonds is 5. The molecule has 0 amide bonds. The van der Waals surface area contributed by atoms with Gasteiger partial charge in [-0.25, -0.2) is 13.2 Å². The topological polar surface area (TPSA) is 64.8 Å². The lowest BCUT2D eigenvalue weighted by atomic mass is 10.0. The van der Waals surface area contributed by atoms with E-state index in [1.165, 1.54) is 4.90 Å². The first-order chi connectivity index (χ1) is 14.8. The van der Waals surface area contributed by atoms with Crippen LogP contribution in [-0.2, 0) is 11.2 Å². The predicted molar refractivity (Wildman–Crippen MR) is 107 cm³/mol. The van der Waals surface area contributed by atoms with Crippen molar-refractivity contribution in [1.29, 1.82) is 0 Å².